The molecule has 23 heavy (non-hydrogen) atoms. The van der Waals surface area contributed by atoms with Gasteiger partial charge >= 0.3 is 12.1 Å². The Morgan fingerprint density at radius 2 is 2.00 bits per heavy atom. The number of anilines is 1. The monoisotopic (exact) mass is 318 g/mol. The number of benzene rings is 1. The van der Waals surface area contributed by atoms with Crippen LogP contribution in [0.4, 0.5) is 10.5 Å². The Kier molecular flexibility index (Phi) is 4.75. The zero-order valence-electron chi connectivity index (χ0n) is 13.6. The van der Waals surface area contributed by atoms with E-state index in [9.17, 15) is 9.59 Å². The van der Waals surface area contributed by atoms with Crippen molar-refractivity contribution < 1.29 is 19.4 Å². The third-order valence-electron chi connectivity index (χ3n) is 3.43. The van der Waals surface area contributed by atoms with Crippen molar-refractivity contribution in [2.75, 3.05) is 11.4 Å². The van der Waals surface area contributed by atoms with Crippen LogP contribution in [-0.2, 0) is 9.53 Å². The fraction of sp³-hybridized carbons (Fsp3) is 0.412. The SMILES string of the molecule is CC(C)(C)OC(=O)N1CC=C(CC(N)C(=O)O)c2ccccc21. The summed E-state index contributed by atoms with van der Waals surface area (Å²) in [5.41, 5.74) is 7.40. The van der Waals surface area contributed by atoms with Gasteiger partial charge in [-0.3, -0.25) is 9.69 Å². The Bertz CT molecular complexity index is 646. The molecule has 1 aliphatic rings. The third-order valence-corrected chi connectivity index (χ3v) is 3.43. The largest absolute Gasteiger partial charge is 0.480 e. The molecule has 0 aromatic heterocycles. The molecule has 1 aliphatic heterocycles. The van der Waals surface area contributed by atoms with Crippen LogP contribution in [0.5, 0.6) is 0 Å². The summed E-state index contributed by atoms with van der Waals surface area (Å²) in [5.74, 6) is -1.04. The summed E-state index contributed by atoms with van der Waals surface area (Å²) in [5, 5.41) is 8.99. The van der Waals surface area contributed by atoms with E-state index < -0.39 is 23.7 Å². The Morgan fingerprint density at radius 3 is 2.61 bits per heavy atom. The summed E-state index contributed by atoms with van der Waals surface area (Å²) in [6, 6.07) is 6.38. The van der Waals surface area contributed by atoms with Gasteiger partial charge in [0, 0.05) is 12.1 Å². The minimum Gasteiger partial charge on any atom is -0.480 e. The smallest absolute Gasteiger partial charge is 0.415 e. The Labute approximate surface area is 135 Å². The van der Waals surface area contributed by atoms with Crippen LogP contribution in [0.3, 0.4) is 0 Å². The summed E-state index contributed by atoms with van der Waals surface area (Å²) in [6.07, 6.45) is 1.62. The second-order valence-electron chi connectivity index (χ2n) is 6.49. The number of amides is 1. The van der Waals surface area contributed by atoms with Crippen molar-refractivity contribution in [3.8, 4) is 0 Å². The molecule has 2 rings (SSSR count). The van der Waals surface area contributed by atoms with E-state index in [1.54, 1.807) is 0 Å². The van der Waals surface area contributed by atoms with Crippen molar-refractivity contribution in [3.05, 3.63) is 35.9 Å². The van der Waals surface area contributed by atoms with Crippen LogP contribution in [0.2, 0.25) is 0 Å². The van der Waals surface area contributed by atoms with Crippen LogP contribution in [-0.4, -0.2) is 35.4 Å². The van der Waals surface area contributed by atoms with Crippen LogP contribution in [0.15, 0.2) is 30.3 Å². The summed E-state index contributed by atoms with van der Waals surface area (Å²) in [6.45, 7) is 5.77. The molecule has 0 saturated carbocycles. The van der Waals surface area contributed by atoms with E-state index in [0.29, 0.717) is 12.2 Å². The molecule has 1 amide bonds. The zero-order valence-corrected chi connectivity index (χ0v) is 13.6. The summed E-state index contributed by atoms with van der Waals surface area (Å²) < 4.78 is 5.43. The highest BCUT2D eigenvalue weighted by molar-refractivity contribution is 5.95. The summed E-state index contributed by atoms with van der Waals surface area (Å²) in [7, 11) is 0. The van der Waals surface area contributed by atoms with Gasteiger partial charge in [0.05, 0.1) is 5.69 Å². The van der Waals surface area contributed by atoms with Crippen molar-refractivity contribution >= 4 is 23.3 Å². The molecule has 0 saturated heterocycles. The van der Waals surface area contributed by atoms with E-state index in [-0.39, 0.29) is 6.42 Å². The first-order chi connectivity index (χ1) is 10.7. The van der Waals surface area contributed by atoms with Crippen molar-refractivity contribution in [2.24, 2.45) is 5.73 Å². The standard InChI is InChI=1S/C17H22N2O4/c1-17(2,3)23-16(22)19-9-8-11(10-13(18)15(20)21)12-6-4-5-7-14(12)19/h4-8,13H,9-10,18H2,1-3H3,(H,20,21). The molecule has 6 heteroatoms. The molecule has 6 nitrogen and oxygen atoms in total. The van der Waals surface area contributed by atoms with Gasteiger partial charge in [0.15, 0.2) is 0 Å². The van der Waals surface area contributed by atoms with Gasteiger partial charge in [-0.05, 0) is 38.8 Å². The number of nitrogens with two attached hydrogens (primary N) is 1. The molecular weight excluding hydrogens is 296 g/mol. The molecule has 124 valence electrons. The van der Waals surface area contributed by atoms with Crippen LogP contribution in [0.1, 0.15) is 32.8 Å². The van der Waals surface area contributed by atoms with Crippen LogP contribution in [0.25, 0.3) is 5.57 Å². The average Bonchev–Trinajstić information content (AvgIpc) is 2.45. The van der Waals surface area contributed by atoms with Crippen molar-refractivity contribution in [1.29, 1.82) is 0 Å². The highest BCUT2D eigenvalue weighted by atomic mass is 16.6. The van der Waals surface area contributed by atoms with Gasteiger partial charge in [-0.15, -0.1) is 0 Å². The summed E-state index contributed by atoms with van der Waals surface area (Å²) >= 11 is 0. The maximum absolute atomic E-state index is 12.4. The number of aliphatic carboxylic acids is 1. The molecule has 0 radical (unpaired) electrons. The molecule has 1 aromatic carbocycles. The lowest BCUT2D eigenvalue weighted by Gasteiger charge is -2.31. The Morgan fingerprint density at radius 1 is 1.35 bits per heavy atom. The molecule has 1 heterocycles. The lowest BCUT2D eigenvalue weighted by atomic mass is 9.94. The van der Waals surface area contributed by atoms with Gasteiger partial charge in [0.2, 0.25) is 0 Å². The fourth-order valence-electron chi connectivity index (χ4n) is 2.40. The predicted molar refractivity (Wildman–Crippen MR) is 88.2 cm³/mol. The molecule has 0 bridgehead atoms. The molecular formula is C17H22N2O4. The first-order valence-corrected chi connectivity index (χ1v) is 7.46. The first-order valence-electron chi connectivity index (χ1n) is 7.46. The number of rotatable bonds is 3. The Balaban J connectivity index is 2.28. The molecule has 0 spiro atoms. The number of para-hydroxylation sites is 1. The average molecular weight is 318 g/mol. The molecule has 0 fully saturated rings. The second kappa shape index (κ2) is 6.42. The predicted octanol–water partition coefficient (Wildman–Crippen LogP) is 2.63. The van der Waals surface area contributed by atoms with Crippen LogP contribution >= 0.6 is 0 Å². The molecule has 1 unspecified atom stereocenters. The highest BCUT2D eigenvalue weighted by Gasteiger charge is 2.28. The number of hydrogen-bond acceptors (Lipinski definition) is 4. The summed E-state index contributed by atoms with van der Waals surface area (Å²) in [4.78, 5) is 24.9. The van der Waals surface area contributed by atoms with Crippen LogP contribution in [0, 0.1) is 0 Å². The Hall–Kier alpha value is -2.34. The number of carboxylic acid groups (broad SMARTS) is 1. The fourth-order valence-corrected chi connectivity index (χ4v) is 2.40. The molecule has 3 N–H and O–H groups in total. The molecule has 1 aromatic rings. The zero-order chi connectivity index (χ0) is 17.2. The van der Waals surface area contributed by atoms with E-state index >= 15 is 0 Å². The minimum absolute atomic E-state index is 0.217. The van der Waals surface area contributed by atoms with Gasteiger partial charge in [0.25, 0.3) is 0 Å². The number of ether oxygens (including phenoxy) is 1. The quantitative estimate of drug-likeness (QED) is 0.893. The van der Waals surface area contributed by atoms with Crippen molar-refractivity contribution in [1.82, 2.24) is 0 Å². The lowest BCUT2D eigenvalue weighted by molar-refractivity contribution is -0.138. The van der Waals surface area contributed by atoms with Gasteiger partial charge in [-0.1, -0.05) is 24.3 Å². The van der Waals surface area contributed by atoms with Gasteiger partial charge in [-0.25, -0.2) is 4.79 Å². The normalized spacial score (nSPS) is 15.5. The van der Waals surface area contributed by atoms with E-state index in [1.807, 2.05) is 51.1 Å². The van der Waals surface area contributed by atoms with Gasteiger partial charge in [-0.2, -0.15) is 0 Å². The number of carbonyl (C=O) groups is 2. The van der Waals surface area contributed by atoms with Crippen molar-refractivity contribution in [2.45, 2.75) is 38.8 Å². The topological polar surface area (TPSA) is 92.9 Å². The minimum atomic E-state index is -1.04. The number of hydrogen-bond donors (Lipinski definition) is 2. The second-order valence-corrected chi connectivity index (χ2v) is 6.49. The number of nitrogens with zero attached hydrogens (tertiary/aromatic N) is 1. The van der Waals surface area contributed by atoms with E-state index in [4.69, 9.17) is 15.6 Å². The maximum Gasteiger partial charge on any atom is 0.415 e. The third kappa shape index (κ3) is 4.10. The number of fused-ring (bicyclic) bond motifs is 1. The first kappa shape index (κ1) is 17.0. The van der Waals surface area contributed by atoms with E-state index in [0.717, 1.165) is 11.1 Å². The highest BCUT2D eigenvalue weighted by Crippen LogP contribution is 2.34. The molecule has 1 atom stereocenters. The number of carboxylic acids is 1. The van der Waals surface area contributed by atoms with E-state index in [2.05, 4.69) is 0 Å². The van der Waals surface area contributed by atoms with Crippen LogP contribution < -0.4 is 10.6 Å². The lowest BCUT2D eigenvalue weighted by Crippen LogP contribution is -2.39. The van der Waals surface area contributed by atoms with Crippen molar-refractivity contribution in [3.63, 3.8) is 0 Å². The van der Waals surface area contributed by atoms with Gasteiger partial charge in [0.1, 0.15) is 11.6 Å². The maximum atomic E-state index is 12.4. The van der Waals surface area contributed by atoms with E-state index in [1.165, 1.54) is 4.90 Å². The number of carbonyl (C=O) groups excluding carboxylic acids is 1. The molecule has 0 aliphatic carbocycles. The van der Waals surface area contributed by atoms with Gasteiger partial charge < -0.3 is 15.6 Å².